The van der Waals surface area contributed by atoms with Gasteiger partial charge in [0, 0.05) is 35.3 Å². The molecular formula is C27H32N4O3. The molecule has 0 bridgehead atoms. The van der Waals surface area contributed by atoms with Gasteiger partial charge in [-0.3, -0.25) is 4.79 Å². The Kier molecular flexibility index (Phi) is 7.30. The second-order valence-electron chi connectivity index (χ2n) is 8.82. The Morgan fingerprint density at radius 2 is 1.79 bits per heavy atom. The van der Waals surface area contributed by atoms with Crippen molar-refractivity contribution in [3.05, 3.63) is 65.4 Å². The number of carbonyl (C=O) groups excluding carboxylic acids is 2. The second-order valence-corrected chi connectivity index (χ2v) is 8.82. The van der Waals surface area contributed by atoms with Crippen molar-refractivity contribution in [3.63, 3.8) is 0 Å². The lowest BCUT2D eigenvalue weighted by molar-refractivity contribution is 0.102. The zero-order chi connectivity index (χ0) is 24.1. The number of hydrogen-bond donors (Lipinski definition) is 3. The van der Waals surface area contributed by atoms with Crippen LogP contribution in [0.4, 0.5) is 10.5 Å². The van der Waals surface area contributed by atoms with Gasteiger partial charge in [-0.25, -0.2) is 4.79 Å². The predicted molar refractivity (Wildman–Crippen MR) is 133 cm³/mol. The highest BCUT2D eigenvalue weighted by Crippen LogP contribution is 2.38. The molecule has 1 aliphatic carbocycles. The minimum atomic E-state index is -0.243. The number of benzene rings is 2. The minimum absolute atomic E-state index is 0.00396. The fourth-order valence-electron chi connectivity index (χ4n) is 4.43. The summed E-state index contributed by atoms with van der Waals surface area (Å²) in [5.74, 6) is 0.0411. The first-order valence-corrected chi connectivity index (χ1v) is 12.1. The smallest absolute Gasteiger partial charge is 0.342 e. The van der Waals surface area contributed by atoms with Crippen LogP contribution in [0.1, 0.15) is 73.5 Å². The lowest BCUT2D eigenvalue weighted by Gasteiger charge is -2.11. The summed E-state index contributed by atoms with van der Waals surface area (Å²) in [6, 6.07) is 14.1. The Morgan fingerprint density at radius 1 is 1.06 bits per heavy atom. The minimum Gasteiger partial charge on any atom is -0.507 e. The van der Waals surface area contributed by atoms with E-state index in [-0.39, 0.29) is 23.6 Å². The molecule has 1 saturated carbocycles. The number of nitrogens with zero attached hydrogens (tertiary/aromatic N) is 2. The van der Waals surface area contributed by atoms with E-state index in [1.165, 1.54) is 16.3 Å². The summed E-state index contributed by atoms with van der Waals surface area (Å²) < 4.78 is 1.45. The molecule has 0 unspecified atom stereocenters. The zero-order valence-corrected chi connectivity index (χ0v) is 19.8. The standard InChI is InChI=1S/C27H32N4O3/c1-3-15-28-27(34)31-24(19-7-5-6-8-19)17-23(30-31)22-14-13-21(16-25(22)32)29-26(33)20-11-9-18(4-2)10-12-20/h9-14,16-17,19,32H,3-8,15H2,1-2H3,(H,28,34)(H,29,33). The van der Waals surface area contributed by atoms with Gasteiger partial charge in [-0.15, -0.1) is 0 Å². The molecule has 0 atom stereocenters. The Balaban J connectivity index is 1.57. The van der Waals surface area contributed by atoms with Gasteiger partial charge in [0.05, 0.1) is 11.4 Å². The number of aromatic nitrogens is 2. The highest BCUT2D eigenvalue weighted by atomic mass is 16.3. The third kappa shape index (κ3) is 5.14. The number of rotatable bonds is 7. The molecule has 0 radical (unpaired) electrons. The van der Waals surface area contributed by atoms with E-state index in [0.29, 0.717) is 29.1 Å². The van der Waals surface area contributed by atoms with E-state index in [1.807, 2.05) is 25.1 Å². The molecular weight excluding hydrogens is 428 g/mol. The van der Waals surface area contributed by atoms with Crippen LogP contribution in [0.3, 0.4) is 0 Å². The van der Waals surface area contributed by atoms with Gasteiger partial charge in [0.25, 0.3) is 5.91 Å². The summed E-state index contributed by atoms with van der Waals surface area (Å²) in [5, 5.41) is 21.0. The van der Waals surface area contributed by atoms with Gasteiger partial charge in [0.2, 0.25) is 0 Å². The van der Waals surface area contributed by atoms with Crippen LogP contribution in [0.2, 0.25) is 0 Å². The molecule has 0 spiro atoms. The fraction of sp³-hybridized carbons (Fsp3) is 0.370. The average Bonchev–Trinajstić information content (AvgIpc) is 3.53. The van der Waals surface area contributed by atoms with Gasteiger partial charge in [-0.1, -0.05) is 38.8 Å². The Morgan fingerprint density at radius 3 is 2.44 bits per heavy atom. The molecule has 3 N–H and O–H groups in total. The lowest BCUT2D eigenvalue weighted by Crippen LogP contribution is -2.31. The Hall–Kier alpha value is -3.61. The van der Waals surface area contributed by atoms with Crippen molar-refractivity contribution < 1.29 is 14.7 Å². The first-order valence-electron chi connectivity index (χ1n) is 12.1. The highest BCUT2D eigenvalue weighted by molar-refractivity contribution is 6.04. The van der Waals surface area contributed by atoms with Crippen molar-refractivity contribution in [2.45, 2.75) is 58.3 Å². The number of aryl methyl sites for hydroxylation is 1. The van der Waals surface area contributed by atoms with Crippen LogP contribution in [-0.2, 0) is 6.42 Å². The number of nitrogens with one attached hydrogen (secondary N) is 2. The quantitative estimate of drug-likeness (QED) is 0.422. The predicted octanol–water partition coefficient (Wildman–Crippen LogP) is 5.70. The molecule has 3 aromatic rings. The summed E-state index contributed by atoms with van der Waals surface area (Å²) in [6.07, 6.45) is 6.10. The molecule has 1 aliphatic rings. The molecule has 1 heterocycles. The van der Waals surface area contributed by atoms with E-state index in [2.05, 4.69) is 22.7 Å². The van der Waals surface area contributed by atoms with Crippen LogP contribution in [0.5, 0.6) is 5.75 Å². The third-order valence-electron chi connectivity index (χ3n) is 6.38. The molecule has 34 heavy (non-hydrogen) atoms. The van der Waals surface area contributed by atoms with Crippen LogP contribution in [-0.4, -0.2) is 33.4 Å². The van der Waals surface area contributed by atoms with E-state index in [1.54, 1.807) is 24.3 Å². The Labute approximate surface area is 200 Å². The van der Waals surface area contributed by atoms with Gasteiger partial charge < -0.3 is 15.7 Å². The molecule has 1 fully saturated rings. The number of phenolic OH excluding ortho intramolecular Hbond substituents is 1. The fourth-order valence-corrected chi connectivity index (χ4v) is 4.43. The van der Waals surface area contributed by atoms with Crippen molar-refractivity contribution in [1.82, 2.24) is 15.1 Å². The second kappa shape index (κ2) is 10.5. The van der Waals surface area contributed by atoms with Crippen LogP contribution in [0.25, 0.3) is 11.3 Å². The molecule has 0 aliphatic heterocycles. The molecule has 7 nitrogen and oxygen atoms in total. The van der Waals surface area contributed by atoms with E-state index in [0.717, 1.165) is 44.2 Å². The number of phenols is 1. The topological polar surface area (TPSA) is 96.3 Å². The van der Waals surface area contributed by atoms with Crippen molar-refractivity contribution >= 4 is 17.6 Å². The van der Waals surface area contributed by atoms with Crippen molar-refractivity contribution in [1.29, 1.82) is 0 Å². The third-order valence-corrected chi connectivity index (χ3v) is 6.38. The van der Waals surface area contributed by atoms with Gasteiger partial charge in [0.1, 0.15) is 5.75 Å². The van der Waals surface area contributed by atoms with Crippen LogP contribution in [0, 0.1) is 0 Å². The summed E-state index contributed by atoms with van der Waals surface area (Å²) in [4.78, 5) is 25.3. The van der Waals surface area contributed by atoms with E-state index in [9.17, 15) is 14.7 Å². The Bertz CT molecular complexity index is 1160. The molecule has 7 heteroatoms. The van der Waals surface area contributed by atoms with Gasteiger partial charge in [0.15, 0.2) is 0 Å². The summed E-state index contributed by atoms with van der Waals surface area (Å²) >= 11 is 0. The maximum absolute atomic E-state index is 12.7. The maximum Gasteiger partial charge on any atom is 0.342 e. The van der Waals surface area contributed by atoms with Crippen LogP contribution >= 0.6 is 0 Å². The zero-order valence-electron chi connectivity index (χ0n) is 19.8. The monoisotopic (exact) mass is 460 g/mol. The van der Waals surface area contributed by atoms with E-state index >= 15 is 0 Å². The highest BCUT2D eigenvalue weighted by Gasteiger charge is 2.26. The first kappa shape index (κ1) is 23.5. The van der Waals surface area contributed by atoms with Crippen molar-refractivity contribution in [3.8, 4) is 17.0 Å². The van der Waals surface area contributed by atoms with Crippen molar-refractivity contribution in [2.75, 3.05) is 11.9 Å². The van der Waals surface area contributed by atoms with Crippen LogP contribution < -0.4 is 10.6 Å². The number of amides is 2. The maximum atomic E-state index is 12.7. The van der Waals surface area contributed by atoms with E-state index < -0.39 is 0 Å². The molecule has 178 valence electrons. The number of aromatic hydroxyl groups is 1. The molecule has 2 amide bonds. The molecule has 0 saturated heterocycles. The van der Waals surface area contributed by atoms with Crippen molar-refractivity contribution in [2.24, 2.45) is 0 Å². The number of carbonyl (C=O) groups is 2. The van der Waals surface area contributed by atoms with Gasteiger partial charge in [-0.05, 0) is 61.6 Å². The average molecular weight is 461 g/mol. The van der Waals surface area contributed by atoms with E-state index in [4.69, 9.17) is 0 Å². The largest absolute Gasteiger partial charge is 0.507 e. The first-order chi connectivity index (χ1) is 16.5. The summed E-state index contributed by atoms with van der Waals surface area (Å²) in [7, 11) is 0. The summed E-state index contributed by atoms with van der Waals surface area (Å²) in [5.41, 5.74) is 4.15. The molecule has 2 aromatic carbocycles. The normalized spacial score (nSPS) is 13.7. The lowest BCUT2D eigenvalue weighted by atomic mass is 10.0. The molecule has 4 rings (SSSR count). The number of anilines is 1. The summed E-state index contributed by atoms with van der Waals surface area (Å²) in [6.45, 7) is 4.65. The van der Waals surface area contributed by atoms with Gasteiger partial charge >= 0.3 is 6.03 Å². The SMILES string of the molecule is CCCNC(=O)n1nc(-c2ccc(NC(=O)c3ccc(CC)cc3)cc2O)cc1C1CCCC1. The number of hydrogen-bond acceptors (Lipinski definition) is 4. The van der Waals surface area contributed by atoms with Gasteiger partial charge in [-0.2, -0.15) is 9.78 Å². The van der Waals surface area contributed by atoms with Crippen LogP contribution in [0.15, 0.2) is 48.5 Å². The molecule has 1 aromatic heterocycles.